The molecule has 0 aliphatic carbocycles. The minimum absolute atomic E-state index is 0.124. The molecule has 0 bridgehead atoms. The maximum Gasteiger partial charge on any atom is 0.160 e. The van der Waals surface area contributed by atoms with Gasteiger partial charge in [0.1, 0.15) is 12.1 Å². The highest BCUT2D eigenvalue weighted by molar-refractivity contribution is 5.91. The van der Waals surface area contributed by atoms with E-state index in [1.165, 1.54) is 7.11 Å². The van der Waals surface area contributed by atoms with Crippen LogP contribution in [0.3, 0.4) is 0 Å². The molecular weight excluding hydrogens is 344 g/mol. The van der Waals surface area contributed by atoms with E-state index in [4.69, 9.17) is 9.47 Å². The normalized spacial score (nSPS) is 14.3. The van der Waals surface area contributed by atoms with Gasteiger partial charge in [-0.3, -0.25) is 0 Å². The van der Waals surface area contributed by atoms with Crippen molar-refractivity contribution in [3.63, 3.8) is 0 Å². The summed E-state index contributed by atoms with van der Waals surface area (Å²) in [5, 5.41) is 14.3. The van der Waals surface area contributed by atoms with Gasteiger partial charge in [-0.15, -0.1) is 0 Å². The Morgan fingerprint density at radius 1 is 1.15 bits per heavy atom. The van der Waals surface area contributed by atoms with Crippen molar-refractivity contribution < 1.29 is 14.6 Å². The summed E-state index contributed by atoms with van der Waals surface area (Å²) in [6, 6.07) is 11.6. The van der Waals surface area contributed by atoms with Gasteiger partial charge in [0.25, 0.3) is 0 Å². The van der Waals surface area contributed by atoms with Gasteiger partial charge in [-0.05, 0) is 35.9 Å². The molecule has 0 amide bonds. The minimum atomic E-state index is 0.124. The van der Waals surface area contributed by atoms with Crippen molar-refractivity contribution in [2.24, 2.45) is 0 Å². The van der Waals surface area contributed by atoms with Crippen molar-refractivity contribution in [1.29, 1.82) is 0 Å². The molecule has 7 nitrogen and oxygen atoms in total. The summed E-state index contributed by atoms with van der Waals surface area (Å²) >= 11 is 0. The van der Waals surface area contributed by atoms with Crippen LogP contribution < -0.4 is 15.0 Å². The Kier molecular flexibility index (Phi) is 4.93. The van der Waals surface area contributed by atoms with Crippen LogP contribution in [0.15, 0.2) is 42.7 Å². The molecule has 0 radical (unpaired) electrons. The van der Waals surface area contributed by atoms with Crippen LogP contribution in [-0.4, -0.2) is 48.5 Å². The van der Waals surface area contributed by atoms with Crippen LogP contribution in [0.25, 0.3) is 10.9 Å². The van der Waals surface area contributed by atoms with Crippen LogP contribution in [0.5, 0.6) is 11.5 Å². The number of hydrogen-bond acceptors (Lipinski definition) is 7. The highest BCUT2D eigenvalue weighted by Crippen LogP contribution is 2.28. The maximum atomic E-state index is 9.95. The molecule has 7 heteroatoms. The van der Waals surface area contributed by atoms with Gasteiger partial charge in [0.05, 0.1) is 25.8 Å². The first kappa shape index (κ1) is 17.4. The van der Waals surface area contributed by atoms with Crippen molar-refractivity contribution in [1.82, 2.24) is 9.97 Å². The fraction of sp³-hybridized carbons (Fsp3) is 0.300. The van der Waals surface area contributed by atoms with E-state index >= 15 is 0 Å². The molecule has 0 unspecified atom stereocenters. The zero-order valence-corrected chi connectivity index (χ0v) is 15.2. The molecule has 1 saturated heterocycles. The lowest BCUT2D eigenvalue weighted by atomic mass is 10.1. The Hall–Kier alpha value is -3.06. The molecule has 2 aromatic carbocycles. The predicted molar refractivity (Wildman–Crippen MR) is 105 cm³/mol. The molecule has 0 saturated carbocycles. The molecule has 0 spiro atoms. The zero-order chi connectivity index (χ0) is 18.6. The lowest BCUT2D eigenvalue weighted by molar-refractivity contribution is 0.122. The van der Waals surface area contributed by atoms with E-state index in [-0.39, 0.29) is 5.75 Å². The molecule has 1 aliphatic rings. The van der Waals surface area contributed by atoms with Gasteiger partial charge < -0.3 is 24.8 Å². The lowest BCUT2D eigenvalue weighted by Gasteiger charge is -2.29. The molecule has 2 heterocycles. The Balaban J connectivity index is 1.58. The van der Waals surface area contributed by atoms with Crippen molar-refractivity contribution in [2.75, 3.05) is 43.6 Å². The third kappa shape index (κ3) is 3.73. The summed E-state index contributed by atoms with van der Waals surface area (Å²) in [5.41, 5.74) is 2.97. The van der Waals surface area contributed by atoms with Gasteiger partial charge in [-0.25, -0.2) is 9.97 Å². The fourth-order valence-electron chi connectivity index (χ4n) is 3.24. The number of phenolic OH excluding ortho intramolecular Hbond substituents is 1. The molecule has 2 N–H and O–H groups in total. The van der Waals surface area contributed by atoms with E-state index in [0.717, 1.165) is 54.3 Å². The van der Waals surface area contributed by atoms with Gasteiger partial charge in [0.2, 0.25) is 0 Å². The Morgan fingerprint density at radius 3 is 2.78 bits per heavy atom. The first-order chi connectivity index (χ1) is 13.2. The number of benzene rings is 2. The predicted octanol–water partition coefficient (Wildman–Crippen LogP) is 2.79. The summed E-state index contributed by atoms with van der Waals surface area (Å²) in [7, 11) is 1.53. The van der Waals surface area contributed by atoms with Crippen LogP contribution in [-0.2, 0) is 11.3 Å². The molecule has 4 rings (SSSR count). The molecular formula is C20H22N4O3. The quantitative estimate of drug-likeness (QED) is 0.719. The summed E-state index contributed by atoms with van der Waals surface area (Å²) in [4.78, 5) is 11.1. The Morgan fingerprint density at radius 2 is 2.00 bits per heavy atom. The number of anilines is 2. The number of hydrogen-bond donors (Lipinski definition) is 2. The second-order valence-corrected chi connectivity index (χ2v) is 6.38. The van der Waals surface area contributed by atoms with Crippen molar-refractivity contribution in [3.8, 4) is 11.5 Å². The van der Waals surface area contributed by atoms with Gasteiger partial charge in [-0.2, -0.15) is 0 Å². The third-order valence-corrected chi connectivity index (χ3v) is 4.70. The first-order valence-electron chi connectivity index (χ1n) is 8.92. The Labute approximate surface area is 157 Å². The van der Waals surface area contributed by atoms with E-state index in [0.29, 0.717) is 12.3 Å². The molecule has 3 aromatic rings. The monoisotopic (exact) mass is 366 g/mol. The maximum absolute atomic E-state index is 9.95. The smallest absolute Gasteiger partial charge is 0.160 e. The average molecular weight is 366 g/mol. The van der Waals surface area contributed by atoms with Crippen LogP contribution in [0, 0.1) is 0 Å². The molecule has 1 aromatic heterocycles. The zero-order valence-electron chi connectivity index (χ0n) is 15.2. The van der Waals surface area contributed by atoms with E-state index in [2.05, 4.69) is 32.3 Å². The van der Waals surface area contributed by atoms with Crippen LogP contribution in [0.4, 0.5) is 11.5 Å². The number of nitrogens with one attached hydrogen (secondary N) is 1. The highest BCUT2D eigenvalue weighted by Gasteiger charge is 2.13. The molecule has 1 fully saturated rings. The number of ether oxygens (including phenoxy) is 2. The van der Waals surface area contributed by atoms with E-state index in [1.54, 1.807) is 18.5 Å². The summed E-state index contributed by atoms with van der Waals surface area (Å²) < 4.78 is 10.5. The number of phenols is 1. The number of fused-ring (bicyclic) bond motifs is 1. The second-order valence-electron chi connectivity index (χ2n) is 6.38. The van der Waals surface area contributed by atoms with Gasteiger partial charge in [-0.1, -0.05) is 6.07 Å². The van der Waals surface area contributed by atoms with Gasteiger partial charge in [0.15, 0.2) is 11.5 Å². The van der Waals surface area contributed by atoms with Crippen LogP contribution in [0.1, 0.15) is 5.56 Å². The number of aromatic nitrogens is 2. The van der Waals surface area contributed by atoms with Crippen molar-refractivity contribution >= 4 is 22.4 Å². The van der Waals surface area contributed by atoms with E-state index in [9.17, 15) is 5.11 Å². The van der Waals surface area contributed by atoms with Crippen molar-refractivity contribution in [3.05, 3.63) is 48.3 Å². The van der Waals surface area contributed by atoms with Crippen molar-refractivity contribution in [2.45, 2.75) is 6.54 Å². The summed E-state index contributed by atoms with van der Waals surface area (Å²) in [6.45, 7) is 3.79. The number of aromatic hydroxyl groups is 1. The molecule has 1 aliphatic heterocycles. The topological polar surface area (TPSA) is 79.7 Å². The summed E-state index contributed by atoms with van der Waals surface area (Å²) in [6.07, 6.45) is 1.56. The van der Waals surface area contributed by atoms with Crippen LogP contribution >= 0.6 is 0 Å². The molecule has 140 valence electrons. The number of morpholine rings is 1. The third-order valence-electron chi connectivity index (χ3n) is 4.70. The van der Waals surface area contributed by atoms with Gasteiger partial charge in [0, 0.05) is 30.7 Å². The minimum Gasteiger partial charge on any atom is -0.504 e. The second kappa shape index (κ2) is 7.67. The molecule has 27 heavy (non-hydrogen) atoms. The van der Waals surface area contributed by atoms with Crippen LogP contribution in [0.2, 0.25) is 0 Å². The standard InChI is InChI=1S/C20H22N4O3/c1-26-19-5-2-14(10-18(19)25)12-21-20-16-11-15(24-6-8-27-9-7-24)3-4-17(16)22-13-23-20/h2-5,10-11,13,25H,6-9,12H2,1H3,(H,21,22,23). The average Bonchev–Trinajstić information content (AvgIpc) is 2.72. The van der Waals surface area contributed by atoms with E-state index in [1.807, 2.05) is 12.1 Å². The SMILES string of the molecule is COc1ccc(CNc2ncnc3ccc(N4CCOCC4)cc23)cc1O. The molecule has 0 atom stereocenters. The lowest BCUT2D eigenvalue weighted by Crippen LogP contribution is -2.36. The van der Waals surface area contributed by atoms with Gasteiger partial charge >= 0.3 is 0 Å². The number of nitrogens with zero attached hydrogens (tertiary/aromatic N) is 3. The largest absolute Gasteiger partial charge is 0.504 e. The number of methoxy groups -OCH3 is 1. The number of rotatable bonds is 5. The first-order valence-corrected chi connectivity index (χ1v) is 8.92. The fourth-order valence-corrected chi connectivity index (χ4v) is 3.24. The van der Waals surface area contributed by atoms with E-state index < -0.39 is 0 Å². The Bertz CT molecular complexity index is 942. The highest BCUT2D eigenvalue weighted by atomic mass is 16.5. The summed E-state index contributed by atoms with van der Waals surface area (Å²) in [5.74, 6) is 1.35.